The minimum absolute atomic E-state index is 0.0287. The summed E-state index contributed by atoms with van der Waals surface area (Å²) >= 11 is 0. The number of hydrogen-bond donors (Lipinski definition) is 1. The molecule has 23 heavy (non-hydrogen) atoms. The first-order valence-electron chi connectivity index (χ1n) is 8.07. The zero-order valence-corrected chi connectivity index (χ0v) is 14.0. The molecule has 0 amide bonds. The maximum Gasteiger partial charge on any atom is 0.163 e. The summed E-state index contributed by atoms with van der Waals surface area (Å²) in [6.45, 7) is 7.46. The number of carbonyl (C=O) groups is 1. The number of benzene rings is 2. The van der Waals surface area contributed by atoms with E-state index in [0.29, 0.717) is 17.9 Å². The number of Topliss-reactive ketones (excluding diaryl/α,β-unsaturated/α-hetero) is 1. The van der Waals surface area contributed by atoms with Crippen LogP contribution in [0.2, 0.25) is 0 Å². The Balaban J connectivity index is 1.96. The van der Waals surface area contributed by atoms with Crippen molar-refractivity contribution in [2.24, 2.45) is 0 Å². The molecular weight excluding hydrogens is 286 g/mol. The van der Waals surface area contributed by atoms with Gasteiger partial charge in [-0.05, 0) is 42.0 Å². The summed E-state index contributed by atoms with van der Waals surface area (Å²) in [5.74, 6) is 0.706. The highest BCUT2D eigenvalue weighted by atomic mass is 16.5. The van der Waals surface area contributed by atoms with E-state index in [1.807, 2.05) is 42.5 Å². The Morgan fingerprint density at radius 1 is 1.22 bits per heavy atom. The van der Waals surface area contributed by atoms with Gasteiger partial charge in [-0.3, -0.25) is 4.79 Å². The van der Waals surface area contributed by atoms with Gasteiger partial charge < -0.3 is 10.1 Å². The number of fused-ring (bicyclic) bond motifs is 1. The predicted molar refractivity (Wildman–Crippen MR) is 93.4 cm³/mol. The summed E-state index contributed by atoms with van der Waals surface area (Å²) in [7, 11) is 0. The van der Waals surface area contributed by atoms with Crippen LogP contribution in [0.25, 0.3) is 0 Å². The van der Waals surface area contributed by atoms with Gasteiger partial charge in [-0.2, -0.15) is 0 Å². The molecule has 3 rings (SSSR count). The molecule has 1 aliphatic rings. The standard InChI is InChI=1S/C20H23NO2/c1-14(22)16-11-18-17(20(2,3)9-10-21-18)12-19(16)23-13-15-7-5-4-6-8-15/h4-8,11-12,21H,9-10,13H2,1-3H3. The van der Waals surface area contributed by atoms with Crippen LogP contribution in [-0.2, 0) is 12.0 Å². The summed E-state index contributed by atoms with van der Waals surface area (Å²) in [4.78, 5) is 12.0. The lowest BCUT2D eigenvalue weighted by atomic mass is 9.77. The second kappa shape index (κ2) is 6.07. The summed E-state index contributed by atoms with van der Waals surface area (Å²) in [5.41, 5.74) is 4.10. The van der Waals surface area contributed by atoms with Gasteiger partial charge >= 0.3 is 0 Å². The molecule has 0 fully saturated rings. The number of ether oxygens (including phenoxy) is 1. The molecule has 0 aliphatic carbocycles. The third-order valence-corrected chi connectivity index (χ3v) is 4.53. The monoisotopic (exact) mass is 309 g/mol. The van der Waals surface area contributed by atoms with Crippen molar-refractivity contribution in [1.29, 1.82) is 0 Å². The molecule has 2 aromatic rings. The third kappa shape index (κ3) is 3.24. The molecule has 0 saturated heterocycles. The van der Waals surface area contributed by atoms with Gasteiger partial charge in [0.1, 0.15) is 12.4 Å². The lowest BCUT2D eigenvalue weighted by Gasteiger charge is -2.34. The van der Waals surface area contributed by atoms with Crippen LogP contribution in [0.15, 0.2) is 42.5 Å². The lowest BCUT2D eigenvalue weighted by Crippen LogP contribution is -2.28. The summed E-state index contributed by atoms with van der Waals surface area (Å²) in [5, 5.41) is 3.41. The van der Waals surface area contributed by atoms with Crippen LogP contribution in [0.1, 0.15) is 48.7 Å². The quantitative estimate of drug-likeness (QED) is 0.841. The van der Waals surface area contributed by atoms with E-state index in [1.54, 1.807) is 6.92 Å². The van der Waals surface area contributed by atoms with Crippen molar-refractivity contribution in [2.45, 2.75) is 39.2 Å². The summed E-state index contributed by atoms with van der Waals surface area (Å²) in [6, 6.07) is 14.0. The van der Waals surface area contributed by atoms with Gasteiger partial charge in [0, 0.05) is 12.2 Å². The van der Waals surface area contributed by atoms with E-state index in [1.165, 1.54) is 5.56 Å². The van der Waals surface area contributed by atoms with Gasteiger partial charge in [0.25, 0.3) is 0 Å². The molecule has 0 spiro atoms. The lowest BCUT2D eigenvalue weighted by molar-refractivity contribution is 0.101. The van der Waals surface area contributed by atoms with Crippen molar-refractivity contribution in [2.75, 3.05) is 11.9 Å². The van der Waals surface area contributed by atoms with Gasteiger partial charge in [0.15, 0.2) is 5.78 Å². The molecule has 1 aliphatic heterocycles. The van der Waals surface area contributed by atoms with Gasteiger partial charge in [-0.15, -0.1) is 0 Å². The summed E-state index contributed by atoms with van der Waals surface area (Å²) in [6.07, 6.45) is 1.07. The second-order valence-corrected chi connectivity index (χ2v) is 6.79. The smallest absolute Gasteiger partial charge is 0.163 e. The fraction of sp³-hybridized carbons (Fsp3) is 0.350. The normalized spacial score (nSPS) is 15.4. The first kappa shape index (κ1) is 15.6. The Morgan fingerprint density at radius 3 is 2.65 bits per heavy atom. The Labute approximate surface area is 137 Å². The molecule has 0 atom stereocenters. The average molecular weight is 309 g/mol. The van der Waals surface area contributed by atoms with E-state index in [9.17, 15) is 4.79 Å². The molecule has 0 saturated carbocycles. The average Bonchev–Trinajstić information content (AvgIpc) is 2.53. The first-order chi connectivity index (χ1) is 11.0. The fourth-order valence-electron chi connectivity index (χ4n) is 3.06. The molecule has 0 bridgehead atoms. The van der Waals surface area contributed by atoms with Crippen molar-refractivity contribution in [3.05, 3.63) is 59.2 Å². The fourth-order valence-corrected chi connectivity index (χ4v) is 3.06. The molecule has 2 aromatic carbocycles. The van der Waals surface area contributed by atoms with E-state index in [0.717, 1.165) is 24.2 Å². The molecule has 1 N–H and O–H groups in total. The second-order valence-electron chi connectivity index (χ2n) is 6.79. The van der Waals surface area contributed by atoms with Crippen LogP contribution in [0, 0.1) is 0 Å². The number of hydrogen-bond acceptors (Lipinski definition) is 3. The minimum atomic E-state index is 0.0287. The number of anilines is 1. The zero-order chi connectivity index (χ0) is 16.4. The number of ketones is 1. The minimum Gasteiger partial charge on any atom is -0.488 e. The topological polar surface area (TPSA) is 38.3 Å². The van der Waals surface area contributed by atoms with Crippen LogP contribution >= 0.6 is 0 Å². The molecule has 3 nitrogen and oxygen atoms in total. The molecule has 120 valence electrons. The highest BCUT2D eigenvalue weighted by Crippen LogP contribution is 2.40. The molecular formula is C20H23NO2. The van der Waals surface area contributed by atoms with E-state index in [4.69, 9.17) is 4.74 Å². The Hall–Kier alpha value is -2.29. The van der Waals surface area contributed by atoms with Crippen molar-refractivity contribution in [1.82, 2.24) is 0 Å². The van der Waals surface area contributed by atoms with Gasteiger partial charge in [0.2, 0.25) is 0 Å². The van der Waals surface area contributed by atoms with E-state index >= 15 is 0 Å². The van der Waals surface area contributed by atoms with Gasteiger partial charge in [-0.1, -0.05) is 44.2 Å². The Bertz CT molecular complexity index is 720. The molecule has 0 radical (unpaired) electrons. The summed E-state index contributed by atoms with van der Waals surface area (Å²) < 4.78 is 6.00. The molecule has 3 heteroatoms. The highest BCUT2D eigenvalue weighted by Gasteiger charge is 2.29. The van der Waals surface area contributed by atoms with Crippen molar-refractivity contribution < 1.29 is 9.53 Å². The van der Waals surface area contributed by atoms with Gasteiger partial charge in [0.05, 0.1) is 5.56 Å². The van der Waals surface area contributed by atoms with E-state index in [-0.39, 0.29) is 11.2 Å². The van der Waals surface area contributed by atoms with E-state index < -0.39 is 0 Å². The highest BCUT2D eigenvalue weighted by molar-refractivity contribution is 5.98. The molecule has 1 heterocycles. The molecule has 0 unspecified atom stereocenters. The van der Waals surface area contributed by atoms with Crippen LogP contribution in [0.5, 0.6) is 5.75 Å². The van der Waals surface area contributed by atoms with E-state index in [2.05, 4.69) is 19.2 Å². The number of rotatable bonds is 4. The van der Waals surface area contributed by atoms with Crippen LogP contribution in [-0.4, -0.2) is 12.3 Å². The van der Waals surface area contributed by atoms with Gasteiger partial charge in [-0.25, -0.2) is 0 Å². The first-order valence-corrected chi connectivity index (χ1v) is 8.07. The van der Waals surface area contributed by atoms with Crippen molar-refractivity contribution in [3.8, 4) is 5.75 Å². The SMILES string of the molecule is CC(=O)c1cc2c(cc1OCc1ccccc1)C(C)(C)CCN2. The Kier molecular flexibility index (Phi) is 4.12. The van der Waals surface area contributed by atoms with Crippen molar-refractivity contribution >= 4 is 11.5 Å². The van der Waals surface area contributed by atoms with Crippen LogP contribution in [0.3, 0.4) is 0 Å². The van der Waals surface area contributed by atoms with Crippen LogP contribution in [0.4, 0.5) is 5.69 Å². The van der Waals surface area contributed by atoms with Crippen molar-refractivity contribution in [3.63, 3.8) is 0 Å². The number of nitrogens with one attached hydrogen (secondary N) is 1. The number of carbonyl (C=O) groups excluding carboxylic acids is 1. The maximum absolute atomic E-state index is 12.0. The Morgan fingerprint density at radius 2 is 1.96 bits per heavy atom. The largest absolute Gasteiger partial charge is 0.488 e. The third-order valence-electron chi connectivity index (χ3n) is 4.53. The maximum atomic E-state index is 12.0. The van der Waals surface area contributed by atoms with Crippen LogP contribution < -0.4 is 10.1 Å². The zero-order valence-electron chi connectivity index (χ0n) is 14.0. The molecule has 0 aromatic heterocycles. The predicted octanol–water partition coefficient (Wildman–Crippen LogP) is 4.56.